The van der Waals surface area contributed by atoms with Crippen LogP contribution in [0, 0.1) is 11.2 Å². The van der Waals surface area contributed by atoms with E-state index < -0.39 is 29.1 Å². The van der Waals surface area contributed by atoms with Gasteiger partial charge >= 0.3 is 6.18 Å². The molecule has 1 amide bonds. The zero-order chi connectivity index (χ0) is 26.1. The Hall–Kier alpha value is -2.17. The molecule has 10 heteroatoms. The number of halogens is 5. The molecule has 2 fully saturated rings. The first kappa shape index (κ1) is 26.9. The first-order chi connectivity index (χ1) is 17.1. The molecule has 2 aliphatic heterocycles. The van der Waals surface area contributed by atoms with E-state index in [1.54, 1.807) is 7.11 Å². The number of amides is 1. The van der Waals surface area contributed by atoms with Crippen LogP contribution in [0.4, 0.5) is 17.6 Å². The van der Waals surface area contributed by atoms with Gasteiger partial charge in [0, 0.05) is 42.7 Å². The monoisotopic (exact) mass is 572 g/mol. The van der Waals surface area contributed by atoms with Crippen LogP contribution in [0.2, 0.25) is 0 Å². The third kappa shape index (κ3) is 4.63. The summed E-state index contributed by atoms with van der Waals surface area (Å²) in [5, 5.41) is 3.43. The van der Waals surface area contributed by atoms with Crippen LogP contribution < -0.4 is 10.1 Å². The minimum absolute atomic E-state index is 0.0860. The highest BCUT2D eigenvalue weighted by Crippen LogP contribution is 2.51. The molecule has 196 valence electrons. The Labute approximate surface area is 216 Å². The Morgan fingerprint density at radius 2 is 1.81 bits per heavy atom. The molecule has 2 aromatic carbocycles. The van der Waals surface area contributed by atoms with Gasteiger partial charge in [0.25, 0.3) is 11.5 Å². The average molecular weight is 573 g/mol. The van der Waals surface area contributed by atoms with Gasteiger partial charge in [-0.1, -0.05) is 34.1 Å². The minimum Gasteiger partial charge on any atom is -0.496 e. The first-order valence-electron chi connectivity index (χ1n) is 11.8. The number of benzene rings is 2. The molecule has 2 unspecified atom stereocenters. The normalized spacial score (nSPS) is 21.8. The number of likely N-dealkylation sites (tertiary alicyclic amines) is 1. The van der Waals surface area contributed by atoms with E-state index in [4.69, 9.17) is 9.47 Å². The summed E-state index contributed by atoms with van der Waals surface area (Å²) >= 11 is 3.03. The van der Waals surface area contributed by atoms with E-state index in [1.807, 2.05) is 24.3 Å². The van der Waals surface area contributed by atoms with Crippen molar-refractivity contribution in [3.63, 3.8) is 0 Å². The third-order valence-electron chi connectivity index (χ3n) is 7.72. The molecular weight excluding hydrogens is 544 g/mol. The van der Waals surface area contributed by atoms with Crippen molar-refractivity contribution >= 4 is 21.8 Å². The minimum atomic E-state index is -5.10. The summed E-state index contributed by atoms with van der Waals surface area (Å²) in [5.74, 6) is -1.26. The molecule has 0 bridgehead atoms. The van der Waals surface area contributed by atoms with E-state index in [0.29, 0.717) is 18.9 Å². The molecule has 0 radical (unpaired) electrons. The maximum atomic E-state index is 14.5. The Morgan fingerprint density at radius 3 is 2.42 bits per heavy atom. The molecule has 4 rings (SSSR count). The number of alkyl halides is 3. The van der Waals surface area contributed by atoms with Crippen LogP contribution >= 0.6 is 15.9 Å². The van der Waals surface area contributed by atoms with Gasteiger partial charge in [0.15, 0.2) is 0 Å². The van der Waals surface area contributed by atoms with Gasteiger partial charge in [-0.25, -0.2) is 4.39 Å². The predicted molar refractivity (Wildman–Crippen MR) is 130 cm³/mol. The van der Waals surface area contributed by atoms with Crippen LogP contribution in [-0.2, 0) is 15.1 Å². The Kier molecular flexibility index (Phi) is 7.69. The molecule has 2 heterocycles. The molecule has 2 saturated heterocycles. The van der Waals surface area contributed by atoms with Crippen molar-refractivity contribution < 1.29 is 31.8 Å². The highest BCUT2D eigenvalue weighted by atomic mass is 79.9. The van der Waals surface area contributed by atoms with E-state index in [0.717, 1.165) is 50.1 Å². The van der Waals surface area contributed by atoms with Crippen molar-refractivity contribution in [2.45, 2.75) is 37.0 Å². The summed E-state index contributed by atoms with van der Waals surface area (Å²) in [6, 6.07) is 10.6. The van der Waals surface area contributed by atoms with Gasteiger partial charge < -0.3 is 19.7 Å². The standard InChI is InChI=1S/C26H29BrF4N2O3/c1-35-22-6-4-3-5-20(22)21-16-32-10-7-24(21)8-11-33(12-9-24)23(34)25(36-2,26(29,30)31)17-13-18(27)15-19(28)14-17/h3-6,13-15,21,32H,7-12,16H2,1-2H3. The van der Waals surface area contributed by atoms with Crippen LogP contribution in [0.5, 0.6) is 5.75 Å². The molecule has 2 atom stereocenters. The van der Waals surface area contributed by atoms with Gasteiger partial charge in [-0.2, -0.15) is 13.2 Å². The lowest BCUT2D eigenvalue weighted by molar-refractivity contribution is -0.271. The van der Waals surface area contributed by atoms with E-state index in [2.05, 4.69) is 21.2 Å². The van der Waals surface area contributed by atoms with Crippen LogP contribution in [0.25, 0.3) is 0 Å². The third-order valence-corrected chi connectivity index (χ3v) is 8.18. The Morgan fingerprint density at radius 1 is 1.11 bits per heavy atom. The van der Waals surface area contributed by atoms with Crippen LogP contribution in [0.15, 0.2) is 46.9 Å². The summed E-state index contributed by atoms with van der Waals surface area (Å²) in [5.41, 5.74) is -3.04. The molecule has 2 aromatic rings. The number of hydrogen-bond acceptors (Lipinski definition) is 4. The number of carbonyl (C=O) groups excluding carboxylic acids is 1. The van der Waals surface area contributed by atoms with Gasteiger partial charge in [-0.3, -0.25) is 4.79 Å². The number of methoxy groups -OCH3 is 2. The van der Waals surface area contributed by atoms with Gasteiger partial charge in [-0.15, -0.1) is 0 Å². The van der Waals surface area contributed by atoms with E-state index >= 15 is 0 Å². The second kappa shape index (κ2) is 10.3. The Balaban J connectivity index is 1.64. The number of hydrogen-bond donors (Lipinski definition) is 1. The van der Waals surface area contributed by atoms with Crippen LogP contribution in [-0.4, -0.2) is 57.4 Å². The summed E-state index contributed by atoms with van der Waals surface area (Å²) in [7, 11) is 2.45. The Bertz CT molecular complexity index is 1080. The smallest absolute Gasteiger partial charge is 0.430 e. The molecular formula is C26H29BrF4N2O3. The maximum Gasteiger partial charge on any atom is 0.430 e. The quantitative estimate of drug-likeness (QED) is 0.488. The first-order valence-corrected chi connectivity index (χ1v) is 12.6. The molecule has 0 aliphatic carbocycles. The summed E-state index contributed by atoms with van der Waals surface area (Å²) in [6.07, 6.45) is -3.19. The predicted octanol–water partition coefficient (Wildman–Crippen LogP) is 5.39. The van der Waals surface area contributed by atoms with Crippen molar-refractivity contribution in [1.29, 1.82) is 0 Å². The molecule has 36 heavy (non-hydrogen) atoms. The van der Waals surface area contributed by atoms with E-state index in [1.165, 1.54) is 4.90 Å². The average Bonchev–Trinajstić information content (AvgIpc) is 2.84. The number of nitrogens with one attached hydrogen (secondary N) is 1. The second-order valence-corrected chi connectivity index (χ2v) is 10.4. The van der Waals surface area contributed by atoms with Crippen molar-refractivity contribution in [3.8, 4) is 5.75 Å². The van der Waals surface area contributed by atoms with Gasteiger partial charge in [0.1, 0.15) is 11.6 Å². The molecule has 1 N–H and O–H groups in total. The molecule has 2 aliphatic rings. The topological polar surface area (TPSA) is 50.8 Å². The van der Waals surface area contributed by atoms with Crippen LogP contribution in [0.1, 0.15) is 36.3 Å². The second-order valence-electron chi connectivity index (χ2n) is 9.44. The summed E-state index contributed by atoms with van der Waals surface area (Å²) in [4.78, 5) is 14.8. The lowest BCUT2D eigenvalue weighted by Crippen LogP contribution is -2.60. The zero-order valence-electron chi connectivity index (χ0n) is 20.1. The van der Waals surface area contributed by atoms with Gasteiger partial charge in [0.05, 0.1) is 7.11 Å². The van der Waals surface area contributed by atoms with Gasteiger partial charge in [0.2, 0.25) is 0 Å². The number of piperidine rings is 2. The fraction of sp³-hybridized carbons (Fsp3) is 0.500. The van der Waals surface area contributed by atoms with E-state index in [9.17, 15) is 22.4 Å². The van der Waals surface area contributed by atoms with Crippen molar-refractivity contribution in [2.24, 2.45) is 5.41 Å². The number of rotatable bonds is 5. The maximum absolute atomic E-state index is 14.5. The summed E-state index contributed by atoms with van der Waals surface area (Å²) < 4.78 is 68.3. The fourth-order valence-corrected chi connectivity index (χ4v) is 6.30. The molecule has 1 spiro atoms. The van der Waals surface area contributed by atoms with Crippen molar-refractivity contribution in [2.75, 3.05) is 40.4 Å². The highest BCUT2D eigenvalue weighted by molar-refractivity contribution is 9.10. The van der Waals surface area contributed by atoms with Gasteiger partial charge in [-0.05, 0) is 61.1 Å². The van der Waals surface area contributed by atoms with Crippen molar-refractivity contribution in [3.05, 3.63) is 63.9 Å². The van der Waals surface area contributed by atoms with Crippen LogP contribution in [0.3, 0.4) is 0 Å². The number of carbonyl (C=O) groups is 1. The number of ether oxygens (including phenoxy) is 2. The fourth-order valence-electron chi connectivity index (χ4n) is 5.83. The van der Waals surface area contributed by atoms with Crippen molar-refractivity contribution in [1.82, 2.24) is 10.2 Å². The number of para-hydroxylation sites is 1. The number of nitrogens with zero attached hydrogens (tertiary/aromatic N) is 1. The SMILES string of the molecule is COc1ccccc1C1CNCCC12CCN(C(=O)C(OC)(c1cc(F)cc(Br)c1)C(F)(F)F)CC2. The zero-order valence-corrected chi connectivity index (χ0v) is 21.7. The lowest BCUT2D eigenvalue weighted by atomic mass is 9.62. The summed E-state index contributed by atoms with van der Waals surface area (Å²) in [6.45, 7) is 1.79. The lowest BCUT2D eigenvalue weighted by Gasteiger charge is -2.51. The molecule has 0 saturated carbocycles. The molecule has 5 nitrogen and oxygen atoms in total. The molecule has 0 aromatic heterocycles. The largest absolute Gasteiger partial charge is 0.496 e. The highest BCUT2D eigenvalue weighted by Gasteiger charge is 2.64. The van der Waals surface area contributed by atoms with E-state index in [-0.39, 0.29) is 28.9 Å².